The van der Waals surface area contributed by atoms with Crippen molar-refractivity contribution in [1.82, 2.24) is 14.9 Å². The maximum absolute atomic E-state index is 5.27. The van der Waals surface area contributed by atoms with Crippen LogP contribution in [0.25, 0.3) is 0 Å². The lowest BCUT2D eigenvalue weighted by Gasteiger charge is -2.25. The van der Waals surface area contributed by atoms with Crippen molar-refractivity contribution in [3.63, 3.8) is 0 Å². The molecular formula is C10H15N3O. The van der Waals surface area contributed by atoms with Crippen LogP contribution in [0.5, 0.6) is 0 Å². The van der Waals surface area contributed by atoms with E-state index in [1.54, 1.807) is 0 Å². The summed E-state index contributed by atoms with van der Waals surface area (Å²) in [5.41, 5.74) is 1.11. The summed E-state index contributed by atoms with van der Waals surface area (Å²) >= 11 is 0. The summed E-state index contributed by atoms with van der Waals surface area (Å²) in [4.78, 5) is 10.9. The molecule has 0 unspecified atom stereocenters. The second kappa shape index (κ2) is 4.48. The van der Waals surface area contributed by atoms with E-state index in [0.29, 0.717) is 0 Å². The van der Waals surface area contributed by atoms with Gasteiger partial charge in [-0.1, -0.05) is 0 Å². The molecule has 0 bridgehead atoms. The average Bonchev–Trinajstić information content (AvgIpc) is 2.23. The smallest absolute Gasteiger partial charge is 0.142 e. The standard InChI is InChI=1S/C10H15N3O/c1-9-6-11-10(12-7-9)8-13-2-4-14-5-3-13/h6-7H,2-5,8H2,1H3. The Morgan fingerprint density at radius 1 is 1.29 bits per heavy atom. The van der Waals surface area contributed by atoms with E-state index in [1.807, 2.05) is 19.3 Å². The molecule has 0 N–H and O–H groups in total. The summed E-state index contributed by atoms with van der Waals surface area (Å²) in [6, 6.07) is 0. The predicted octanol–water partition coefficient (Wildman–Crippen LogP) is 0.617. The molecule has 0 aliphatic carbocycles. The van der Waals surface area contributed by atoms with Gasteiger partial charge in [0.25, 0.3) is 0 Å². The molecule has 0 amide bonds. The Balaban J connectivity index is 1.92. The zero-order valence-corrected chi connectivity index (χ0v) is 8.44. The van der Waals surface area contributed by atoms with Gasteiger partial charge in [-0.25, -0.2) is 9.97 Å². The highest BCUT2D eigenvalue weighted by atomic mass is 16.5. The molecule has 4 heteroatoms. The van der Waals surface area contributed by atoms with Crippen molar-refractivity contribution in [2.24, 2.45) is 0 Å². The highest BCUT2D eigenvalue weighted by Gasteiger charge is 2.11. The number of nitrogens with zero attached hydrogens (tertiary/aromatic N) is 3. The van der Waals surface area contributed by atoms with Crippen LogP contribution in [0, 0.1) is 6.92 Å². The third kappa shape index (κ3) is 2.49. The van der Waals surface area contributed by atoms with Crippen LogP contribution in [0.15, 0.2) is 12.4 Å². The summed E-state index contributed by atoms with van der Waals surface area (Å²) in [6.45, 7) is 6.45. The molecule has 2 heterocycles. The van der Waals surface area contributed by atoms with Gasteiger partial charge in [-0.3, -0.25) is 4.90 Å². The Kier molecular flexibility index (Phi) is 3.06. The highest BCUT2D eigenvalue weighted by Crippen LogP contribution is 2.02. The van der Waals surface area contributed by atoms with Crippen molar-refractivity contribution in [1.29, 1.82) is 0 Å². The Hall–Kier alpha value is -1.00. The molecule has 76 valence electrons. The molecule has 0 spiro atoms. The molecule has 1 saturated heterocycles. The molecule has 1 fully saturated rings. The van der Waals surface area contributed by atoms with Crippen LogP contribution in [0.1, 0.15) is 11.4 Å². The second-order valence-corrected chi connectivity index (χ2v) is 3.57. The van der Waals surface area contributed by atoms with E-state index in [1.165, 1.54) is 0 Å². The van der Waals surface area contributed by atoms with Crippen molar-refractivity contribution in [2.75, 3.05) is 26.3 Å². The molecule has 14 heavy (non-hydrogen) atoms. The van der Waals surface area contributed by atoms with Gasteiger partial charge in [0.1, 0.15) is 5.82 Å². The van der Waals surface area contributed by atoms with Crippen LogP contribution in [0.3, 0.4) is 0 Å². The molecule has 0 saturated carbocycles. The lowest BCUT2D eigenvalue weighted by atomic mass is 10.3. The Morgan fingerprint density at radius 2 is 1.93 bits per heavy atom. The number of hydrogen-bond acceptors (Lipinski definition) is 4. The van der Waals surface area contributed by atoms with Crippen molar-refractivity contribution in [3.8, 4) is 0 Å². The van der Waals surface area contributed by atoms with Crippen molar-refractivity contribution < 1.29 is 4.74 Å². The fraction of sp³-hybridized carbons (Fsp3) is 0.600. The summed E-state index contributed by atoms with van der Waals surface area (Å²) in [6.07, 6.45) is 3.73. The molecule has 4 nitrogen and oxygen atoms in total. The van der Waals surface area contributed by atoms with Gasteiger partial charge in [-0.2, -0.15) is 0 Å². The van der Waals surface area contributed by atoms with Crippen molar-refractivity contribution in [2.45, 2.75) is 13.5 Å². The van der Waals surface area contributed by atoms with Gasteiger partial charge < -0.3 is 4.74 Å². The van der Waals surface area contributed by atoms with Gasteiger partial charge in [0.15, 0.2) is 0 Å². The first-order chi connectivity index (χ1) is 6.84. The number of hydrogen-bond donors (Lipinski definition) is 0. The lowest BCUT2D eigenvalue weighted by molar-refractivity contribution is 0.0330. The minimum Gasteiger partial charge on any atom is -0.379 e. The van der Waals surface area contributed by atoms with Crippen LogP contribution in [-0.4, -0.2) is 41.2 Å². The first kappa shape index (κ1) is 9.55. The minimum atomic E-state index is 0.825. The molecule has 0 atom stereocenters. The Bertz CT molecular complexity index is 280. The van der Waals surface area contributed by atoms with E-state index in [-0.39, 0.29) is 0 Å². The quantitative estimate of drug-likeness (QED) is 0.690. The lowest BCUT2D eigenvalue weighted by Crippen LogP contribution is -2.36. The molecule has 2 rings (SSSR count). The summed E-state index contributed by atoms with van der Waals surface area (Å²) in [7, 11) is 0. The number of rotatable bonds is 2. The molecule has 1 aliphatic rings. The maximum Gasteiger partial charge on any atom is 0.142 e. The molecule has 1 aliphatic heterocycles. The average molecular weight is 193 g/mol. The van der Waals surface area contributed by atoms with E-state index < -0.39 is 0 Å². The fourth-order valence-corrected chi connectivity index (χ4v) is 1.46. The maximum atomic E-state index is 5.27. The minimum absolute atomic E-state index is 0.825. The number of ether oxygens (including phenoxy) is 1. The largest absolute Gasteiger partial charge is 0.379 e. The van der Waals surface area contributed by atoms with Gasteiger partial charge in [0.2, 0.25) is 0 Å². The summed E-state index contributed by atoms with van der Waals surface area (Å²) in [5.74, 6) is 0.900. The van der Waals surface area contributed by atoms with E-state index in [4.69, 9.17) is 4.74 Å². The third-order valence-corrected chi connectivity index (χ3v) is 2.30. The zero-order chi connectivity index (χ0) is 9.80. The first-order valence-corrected chi connectivity index (χ1v) is 4.92. The summed E-state index contributed by atoms with van der Waals surface area (Å²) in [5, 5.41) is 0. The van der Waals surface area contributed by atoms with Crippen LogP contribution in [-0.2, 0) is 11.3 Å². The molecule has 1 aromatic rings. The second-order valence-electron chi connectivity index (χ2n) is 3.57. The van der Waals surface area contributed by atoms with Gasteiger partial charge in [-0.05, 0) is 12.5 Å². The highest BCUT2D eigenvalue weighted by molar-refractivity contribution is 5.01. The zero-order valence-electron chi connectivity index (χ0n) is 8.44. The van der Waals surface area contributed by atoms with Crippen molar-refractivity contribution in [3.05, 3.63) is 23.8 Å². The monoisotopic (exact) mass is 193 g/mol. The van der Waals surface area contributed by atoms with Gasteiger partial charge in [0, 0.05) is 25.5 Å². The van der Waals surface area contributed by atoms with E-state index >= 15 is 0 Å². The normalized spacial score (nSPS) is 18.4. The van der Waals surface area contributed by atoms with Crippen LogP contribution >= 0.6 is 0 Å². The van der Waals surface area contributed by atoms with Gasteiger partial charge >= 0.3 is 0 Å². The molecule has 0 aromatic carbocycles. The Morgan fingerprint density at radius 3 is 2.57 bits per heavy atom. The van der Waals surface area contributed by atoms with Gasteiger partial charge in [0.05, 0.1) is 19.8 Å². The van der Waals surface area contributed by atoms with E-state index in [2.05, 4.69) is 14.9 Å². The van der Waals surface area contributed by atoms with Crippen LogP contribution in [0.2, 0.25) is 0 Å². The molecule has 0 radical (unpaired) electrons. The van der Waals surface area contributed by atoms with E-state index in [0.717, 1.165) is 44.2 Å². The first-order valence-electron chi connectivity index (χ1n) is 4.92. The van der Waals surface area contributed by atoms with Crippen LogP contribution in [0.4, 0.5) is 0 Å². The Labute approximate surface area is 83.9 Å². The predicted molar refractivity (Wildman–Crippen MR) is 52.9 cm³/mol. The van der Waals surface area contributed by atoms with Crippen LogP contribution < -0.4 is 0 Å². The molecular weight excluding hydrogens is 178 g/mol. The summed E-state index contributed by atoms with van der Waals surface area (Å²) < 4.78 is 5.27. The number of morpholine rings is 1. The van der Waals surface area contributed by atoms with Gasteiger partial charge in [-0.15, -0.1) is 0 Å². The van der Waals surface area contributed by atoms with E-state index in [9.17, 15) is 0 Å². The number of aryl methyl sites for hydroxylation is 1. The SMILES string of the molecule is Cc1cnc(CN2CCOCC2)nc1. The fourth-order valence-electron chi connectivity index (χ4n) is 1.46. The molecule has 1 aromatic heterocycles. The number of aromatic nitrogens is 2. The third-order valence-electron chi connectivity index (χ3n) is 2.30. The topological polar surface area (TPSA) is 38.2 Å². The van der Waals surface area contributed by atoms with Crippen molar-refractivity contribution >= 4 is 0 Å².